The molecule has 1 aliphatic carbocycles. The molecule has 0 amide bonds. The molecule has 1 N–H and O–H groups in total. The van der Waals surface area contributed by atoms with Gasteiger partial charge in [-0.2, -0.15) is 0 Å². The average Bonchev–Trinajstić information content (AvgIpc) is 3.10. The second-order valence-corrected chi connectivity index (χ2v) is 9.12. The van der Waals surface area contributed by atoms with E-state index in [0.29, 0.717) is 12.5 Å². The summed E-state index contributed by atoms with van der Waals surface area (Å²) in [7, 11) is -2.95. The summed E-state index contributed by atoms with van der Waals surface area (Å²) in [4.78, 5) is 0. The van der Waals surface area contributed by atoms with Crippen LogP contribution in [0.1, 0.15) is 46.5 Å². The van der Waals surface area contributed by atoms with Crippen LogP contribution in [-0.2, 0) is 14.6 Å². The Morgan fingerprint density at radius 3 is 2.53 bits per heavy atom. The van der Waals surface area contributed by atoms with Gasteiger partial charge in [0.05, 0.1) is 17.1 Å². The van der Waals surface area contributed by atoms with Crippen molar-refractivity contribution >= 4 is 9.84 Å². The van der Waals surface area contributed by atoms with Gasteiger partial charge in [-0.05, 0) is 46.5 Å². The van der Waals surface area contributed by atoms with Crippen molar-refractivity contribution in [3.8, 4) is 0 Å². The maximum Gasteiger partial charge on any atom is 0.152 e. The molecule has 1 aliphatic heterocycles. The first-order valence-corrected chi connectivity index (χ1v) is 9.14. The van der Waals surface area contributed by atoms with Gasteiger partial charge in [-0.1, -0.05) is 0 Å². The van der Waals surface area contributed by atoms with Gasteiger partial charge in [0.25, 0.3) is 0 Å². The minimum Gasteiger partial charge on any atom is -0.378 e. The molecule has 2 fully saturated rings. The van der Waals surface area contributed by atoms with E-state index < -0.39 is 9.84 Å². The molecule has 0 aromatic rings. The Morgan fingerprint density at radius 1 is 1.37 bits per heavy atom. The van der Waals surface area contributed by atoms with Gasteiger partial charge in [0.15, 0.2) is 9.84 Å². The third kappa shape index (κ3) is 3.70. The van der Waals surface area contributed by atoms with E-state index in [1.165, 1.54) is 12.8 Å². The van der Waals surface area contributed by atoms with Crippen LogP contribution in [0.4, 0.5) is 0 Å². The van der Waals surface area contributed by atoms with Gasteiger partial charge >= 0.3 is 0 Å². The highest BCUT2D eigenvalue weighted by Gasteiger charge is 2.43. The molecule has 0 radical (unpaired) electrons. The minimum atomic E-state index is -2.95. The quantitative estimate of drug-likeness (QED) is 0.776. The summed E-state index contributed by atoms with van der Waals surface area (Å²) in [5.41, 5.74) is 0.00451. The molecule has 112 valence electrons. The second-order valence-electron chi connectivity index (χ2n) is 6.45. The van der Waals surface area contributed by atoms with Crippen LogP contribution in [0.25, 0.3) is 0 Å². The van der Waals surface area contributed by atoms with Crippen molar-refractivity contribution in [2.45, 2.75) is 63.9 Å². The highest BCUT2D eigenvalue weighted by atomic mass is 32.2. The topological polar surface area (TPSA) is 55.4 Å². The summed E-state index contributed by atoms with van der Waals surface area (Å²) in [6, 6.07) is 0.659. The standard InChI is InChI=1S/C14H27NO3S/c1-11(2)19(16,17)9-7-14(6-8-18-12(14)3)10-15-13-4-5-13/h11-13,15H,4-10H2,1-3H3. The SMILES string of the molecule is CC1OCCC1(CCS(=O)(=O)C(C)C)CNC1CC1. The Hall–Kier alpha value is -0.130. The molecule has 4 nitrogen and oxygen atoms in total. The lowest BCUT2D eigenvalue weighted by Crippen LogP contribution is -2.42. The van der Waals surface area contributed by atoms with Crippen molar-refractivity contribution in [3.63, 3.8) is 0 Å². The summed E-state index contributed by atoms with van der Waals surface area (Å²) in [6.07, 6.45) is 4.36. The van der Waals surface area contributed by atoms with Crippen LogP contribution in [0.2, 0.25) is 0 Å². The zero-order chi connectivity index (χ0) is 14.1. The molecular weight excluding hydrogens is 262 g/mol. The third-order valence-corrected chi connectivity index (χ3v) is 6.96. The Labute approximate surface area is 117 Å². The predicted octanol–water partition coefficient (Wildman–Crippen LogP) is 1.75. The van der Waals surface area contributed by atoms with Crippen LogP contribution in [0, 0.1) is 5.41 Å². The van der Waals surface area contributed by atoms with E-state index in [-0.39, 0.29) is 22.5 Å². The predicted molar refractivity (Wildman–Crippen MR) is 77.0 cm³/mol. The second kappa shape index (κ2) is 5.70. The fourth-order valence-corrected chi connectivity index (χ4v) is 3.85. The average molecular weight is 289 g/mol. The molecule has 0 bridgehead atoms. The van der Waals surface area contributed by atoms with Crippen molar-refractivity contribution in [1.82, 2.24) is 5.32 Å². The van der Waals surface area contributed by atoms with Crippen molar-refractivity contribution in [2.75, 3.05) is 18.9 Å². The van der Waals surface area contributed by atoms with E-state index in [4.69, 9.17) is 4.74 Å². The first-order valence-electron chi connectivity index (χ1n) is 7.42. The van der Waals surface area contributed by atoms with Crippen LogP contribution in [-0.4, -0.2) is 44.7 Å². The molecule has 2 aliphatic rings. The summed E-state index contributed by atoms with van der Waals surface area (Å²) < 4.78 is 29.8. The van der Waals surface area contributed by atoms with E-state index in [1.54, 1.807) is 13.8 Å². The molecule has 2 unspecified atom stereocenters. The van der Waals surface area contributed by atoms with Crippen molar-refractivity contribution in [1.29, 1.82) is 0 Å². The number of hydrogen-bond acceptors (Lipinski definition) is 4. The van der Waals surface area contributed by atoms with Crippen molar-refractivity contribution < 1.29 is 13.2 Å². The van der Waals surface area contributed by atoms with Crippen LogP contribution in [0.15, 0.2) is 0 Å². The smallest absolute Gasteiger partial charge is 0.152 e. The lowest BCUT2D eigenvalue weighted by atomic mass is 9.79. The van der Waals surface area contributed by atoms with Crippen molar-refractivity contribution in [2.24, 2.45) is 5.41 Å². The highest BCUT2D eigenvalue weighted by Crippen LogP contribution is 2.39. The Kier molecular flexibility index (Phi) is 4.58. The molecule has 0 aromatic heterocycles. The van der Waals surface area contributed by atoms with Gasteiger partial charge in [-0.15, -0.1) is 0 Å². The summed E-state index contributed by atoms with van der Waals surface area (Å²) in [6.45, 7) is 7.27. The summed E-state index contributed by atoms with van der Waals surface area (Å²) >= 11 is 0. The molecule has 2 rings (SSSR count). The Balaban J connectivity index is 1.97. The zero-order valence-corrected chi connectivity index (χ0v) is 13.1. The monoisotopic (exact) mass is 289 g/mol. The van der Waals surface area contributed by atoms with E-state index >= 15 is 0 Å². The number of nitrogens with one attached hydrogen (secondary N) is 1. The molecule has 1 heterocycles. The minimum absolute atomic E-state index is 0.00451. The zero-order valence-electron chi connectivity index (χ0n) is 12.3. The van der Waals surface area contributed by atoms with E-state index in [1.807, 2.05) is 0 Å². The molecule has 1 saturated heterocycles. The molecular formula is C14H27NO3S. The van der Waals surface area contributed by atoms with E-state index in [2.05, 4.69) is 12.2 Å². The largest absolute Gasteiger partial charge is 0.378 e. The first-order chi connectivity index (χ1) is 8.86. The maximum absolute atomic E-state index is 12.0. The van der Waals surface area contributed by atoms with Crippen LogP contribution in [0.3, 0.4) is 0 Å². The maximum atomic E-state index is 12.0. The van der Waals surface area contributed by atoms with Crippen LogP contribution in [0.5, 0.6) is 0 Å². The molecule has 19 heavy (non-hydrogen) atoms. The van der Waals surface area contributed by atoms with Crippen LogP contribution >= 0.6 is 0 Å². The van der Waals surface area contributed by atoms with E-state index in [9.17, 15) is 8.42 Å². The molecule has 5 heteroatoms. The Morgan fingerprint density at radius 2 is 2.05 bits per heavy atom. The van der Waals surface area contributed by atoms with Gasteiger partial charge in [0.2, 0.25) is 0 Å². The number of ether oxygens (including phenoxy) is 1. The van der Waals surface area contributed by atoms with Gasteiger partial charge in [0.1, 0.15) is 0 Å². The fourth-order valence-electron chi connectivity index (χ4n) is 2.68. The first kappa shape index (κ1) is 15.3. The van der Waals surface area contributed by atoms with Crippen LogP contribution < -0.4 is 5.32 Å². The molecule has 0 spiro atoms. The van der Waals surface area contributed by atoms with Gasteiger partial charge in [-0.25, -0.2) is 8.42 Å². The number of rotatable bonds is 7. The molecule has 2 atom stereocenters. The summed E-state index contributed by atoms with van der Waals surface area (Å²) in [5, 5.41) is 3.28. The summed E-state index contributed by atoms with van der Waals surface area (Å²) in [5.74, 6) is 0.282. The molecule has 1 saturated carbocycles. The van der Waals surface area contributed by atoms with Crippen molar-refractivity contribution in [3.05, 3.63) is 0 Å². The highest BCUT2D eigenvalue weighted by molar-refractivity contribution is 7.91. The normalized spacial score (nSPS) is 32.1. The van der Waals surface area contributed by atoms with E-state index in [0.717, 1.165) is 19.6 Å². The number of sulfone groups is 1. The molecule has 0 aromatic carbocycles. The van der Waals surface area contributed by atoms with Gasteiger partial charge in [0, 0.05) is 24.6 Å². The fraction of sp³-hybridized carbons (Fsp3) is 1.00. The van der Waals surface area contributed by atoms with Gasteiger partial charge in [-0.3, -0.25) is 0 Å². The van der Waals surface area contributed by atoms with Gasteiger partial charge < -0.3 is 10.1 Å². The lowest BCUT2D eigenvalue weighted by molar-refractivity contribution is 0.0612. The number of hydrogen-bond donors (Lipinski definition) is 1. The Bertz CT molecular complexity index is 403. The third-order valence-electron chi connectivity index (χ3n) is 4.75. The lowest BCUT2D eigenvalue weighted by Gasteiger charge is -2.33.